The minimum Gasteiger partial charge on any atom is -0.495 e. The van der Waals surface area contributed by atoms with Gasteiger partial charge in [0.15, 0.2) is 0 Å². The molecule has 7 nitrogen and oxygen atoms in total. The third-order valence-electron chi connectivity index (χ3n) is 4.18. The van der Waals surface area contributed by atoms with Gasteiger partial charge in [0.25, 0.3) is 0 Å². The number of carbonyl (C=O) groups excluding carboxylic acids is 2. The molecule has 0 heterocycles. The molecule has 0 fully saturated rings. The molecule has 150 valence electrons. The van der Waals surface area contributed by atoms with Crippen molar-refractivity contribution in [3.8, 4) is 11.5 Å². The summed E-state index contributed by atoms with van der Waals surface area (Å²) in [7, 11) is 2.89. The Kier molecular flexibility index (Phi) is 7.52. The Bertz CT molecular complexity index is 836. The van der Waals surface area contributed by atoms with E-state index in [2.05, 4.69) is 29.4 Å². The Morgan fingerprint density at radius 1 is 0.929 bits per heavy atom. The second-order valence-electron chi connectivity index (χ2n) is 5.81. The van der Waals surface area contributed by atoms with Gasteiger partial charge >= 0.3 is 11.8 Å². The summed E-state index contributed by atoms with van der Waals surface area (Å²) in [6, 6.07) is 10.3. The van der Waals surface area contributed by atoms with Crippen LogP contribution >= 0.6 is 11.6 Å². The quantitative estimate of drug-likeness (QED) is 0.685. The van der Waals surface area contributed by atoms with Crippen molar-refractivity contribution in [1.82, 2.24) is 0 Å². The van der Waals surface area contributed by atoms with Crippen LogP contribution in [-0.2, 0) is 9.59 Å². The molecule has 0 unspecified atom stereocenters. The standard InChI is InChI=1S/C20H24ClN3O4/c1-5-24(6-2)14-9-7-13(8-10-14)22-19(25)20(26)23-16-12-17(27-3)15(21)11-18(16)28-4/h7-12H,5-6H2,1-4H3,(H,22,25)(H,23,26). The van der Waals surface area contributed by atoms with Crippen molar-refractivity contribution in [3.05, 3.63) is 41.4 Å². The van der Waals surface area contributed by atoms with Gasteiger partial charge in [0, 0.05) is 36.6 Å². The van der Waals surface area contributed by atoms with Gasteiger partial charge in [-0.2, -0.15) is 0 Å². The predicted molar refractivity (Wildman–Crippen MR) is 112 cm³/mol. The highest BCUT2D eigenvalue weighted by molar-refractivity contribution is 6.44. The van der Waals surface area contributed by atoms with E-state index in [-0.39, 0.29) is 5.69 Å². The zero-order chi connectivity index (χ0) is 20.7. The van der Waals surface area contributed by atoms with Crippen LogP contribution in [0.4, 0.5) is 17.1 Å². The number of nitrogens with zero attached hydrogens (tertiary/aromatic N) is 1. The Hall–Kier alpha value is -2.93. The first kappa shape index (κ1) is 21.4. The molecule has 0 aliphatic carbocycles. The van der Waals surface area contributed by atoms with E-state index in [1.54, 1.807) is 12.1 Å². The van der Waals surface area contributed by atoms with Gasteiger partial charge in [0.2, 0.25) is 0 Å². The van der Waals surface area contributed by atoms with Crippen LogP contribution in [-0.4, -0.2) is 39.1 Å². The van der Waals surface area contributed by atoms with Gasteiger partial charge in [0.1, 0.15) is 11.5 Å². The van der Waals surface area contributed by atoms with Crippen molar-refractivity contribution in [1.29, 1.82) is 0 Å². The number of anilines is 3. The van der Waals surface area contributed by atoms with Crippen LogP contribution in [0.3, 0.4) is 0 Å². The first-order chi connectivity index (χ1) is 13.4. The summed E-state index contributed by atoms with van der Waals surface area (Å²) in [5.41, 5.74) is 1.85. The molecule has 2 aromatic rings. The van der Waals surface area contributed by atoms with Crippen molar-refractivity contribution < 1.29 is 19.1 Å². The Labute approximate surface area is 169 Å². The zero-order valence-corrected chi connectivity index (χ0v) is 17.1. The summed E-state index contributed by atoms with van der Waals surface area (Å²) in [6.45, 7) is 5.92. The monoisotopic (exact) mass is 405 g/mol. The van der Waals surface area contributed by atoms with Crippen molar-refractivity contribution >= 4 is 40.5 Å². The fraction of sp³-hybridized carbons (Fsp3) is 0.300. The average Bonchev–Trinajstić information content (AvgIpc) is 2.70. The van der Waals surface area contributed by atoms with E-state index < -0.39 is 11.8 Å². The van der Waals surface area contributed by atoms with Crippen LogP contribution < -0.4 is 25.0 Å². The molecule has 28 heavy (non-hydrogen) atoms. The Morgan fingerprint density at radius 2 is 1.50 bits per heavy atom. The normalized spacial score (nSPS) is 10.2. The molecule has 2 aromatic carbocycles. The molecular formula is C20H24ClN3O4. The van der Waals surface area contributed by atoms with Crippen LogP contribution in [0, 0.1) is 0 Å². The zero-order valence-electron chi connectivity index (χ0n) is 16.3. The molecule has 0 aliphatic heterocycles. The second kappa shape index (κ2) is 9.85. The topological polar surface area (TPSA) is 79.9 Å². The fourth-order valence-electron chi connectivity index (χ4n) is 2.67. The Balaban J connectivity index is 2.08. The number of rotatable bonds is 7. The smallest absolute Gasteiger partial charge is 0.314 e. The highest BCUT2D eigenvalue weighted by atomic mass is 35.5. The van der Waals surface area contributed by atoms with E-state index in [1.807, 2.05) is 12.1 Å². The van der Waals surface area contributed by atoms with Gasteiger partial charge in [-0.05, 0) is 38.1 Å². The summed E-state index contributed by atoms with van der Waals surface area (Å²) < 4.78 is 10.3. The van der Waals surface area contributed by atoms with Gasteiger partial charge in [-0.1, -0.05) is 11.6 Å². The molecule has 0 aliphatic rings. The molecular weight excluding hydrogens is 382 g/mol. The molecule has 0 spiro atoms. The second-order valence-corrected chi connectivity index (χ2v) is 6.22. The molecule has 0 saturated carbocycles. The number of carbonyl (C=O) groups is 2. The molecule has 0 aromatic heterocycles. The lowest BCUT2D eigenvalue weighted by molar-refractivity contribution is -0.133. The lowest BCUT2D eigenvalue weighted by Crippen LogP contribution is -2.29. The maximum absolute atomic E-state index is 12.3. The van der Waals surface area contributed by atoms with Gasteiger partial charge in [-0.15, -0.1) is 0 Å². The molecule has 2 rings (SSSR count). The van der Waals surface area contributed by atoms with E-state index in [4.69, 9.17) is 21.1 Å². The van der Waals surface area contributed by atoms with E-state index in [0.29, 0.717) is 22.2 Å². The molecule has 0 bridgehead atoms. The van der Waals surface area contributed by atoms with Crippen LogP contribution in [0.2, 0.25) is 5.02 Å². The lowest BCUT2D eigenvalue weighted by atomic mass is 10.2. The number of ether oxygens (including phenoxy) is 2. The van der Waals surface area contributed by atoms with Crippen molar-refractivity contribution in [2.45, 2.75) is 13.8 Å². The fourth-order valence-corrected chi connectivity index (χ4v) is 2.90. The number of halogens is 1. The predicted octanol–water partition coefficient (Wildman–Crippen LogP) is 3.78. The minimum atomic E-state index is -0.838. The summed E-state index contributed by atoms with van der Waals surface area (Å²) in [6.07, 6.45) is 0. The number of methoxy groups -OCH3 is 2. The van der Waals surface area contributed by atoms with Gasteiger partial charge in [-0.3, -0.25) is 9.59 Å². The van der Waals surface area contributed by atoms with Crippen molar-refractivity contribution in [3.63, 3.8) is 0 Å². The molecule has 0 atom stereocenters. The van der Waals surface area contributed by atoms with E-state index in [9.17, 15) is 9.59 Å². The van der Waals surface area contributed by atoms with Crippen molar-refractivity contribution in [2.24, 2.45) is 0 Å². The highest BCUT2D eigenvalue weighted by Gasteiger charge is 2.18. The lowest BCUT2D eigenvalue weighted by Gasteiger charge is -2.21. The summed E-state index contributed by atoms with van der Waals surface area (Å²) >= 11 is 6.04. The maximum Gasteiger partial charge on any atom is 0.314 e. The number of hydrogen-bond acceptors (Lipinski definition) is 5. The summed E-state index contributed by atoms with van der Waals surface area (Å²) in [5.74, 6) is -0.970. The van der Waals surface area contributed by atoms with E-state index in [1.165, 1.54) is 26.4 Å². The number of amides is 2. The van der Waals surface area contributed by atoms with Gasteiger partial charge < -0.3 is 25.0 Å². The number of hydrogen-bond donors (Lipinski definition) is 2. The van der Waals surface area contributed by atoms with Crippen LogP contribution in [0.1, 0.15) is 13.8 Å². The summed E-state index contributed by atoms with van der Waals surface area (Å²) in [5, 5.41) is 5.41. The van der Waals surface area contributed by atoms with E-state index >= 15 is 0 Å². The Morgan fingerprint density at radius 3 is 2.04 bits per heavy atom. The molecule has 0 radical (unpaired) electrons. The minimum absolute atomic E-state index is 0.279. The number of benzene rings is 2. The van der Waals surface area contributed by atoms with Gasteiger partial charge in [-0.25, -0.2) is 0 Å². The van der Waals surface area contributed by atoms with E-state index in [0.717, 1.165) is 18.8 Å². The maximum atomic E-state index is 12.3. The third-order valence-corrected chi connectivity index (χ3v) is 4.48. The summed E-state index contributed by atoms with van der Waals surface area (Å²) in [4.78, 5) is 26.7. The van der Waals surface area contributed by atoms with Gasteiger partial charge in [0.05, 0.1) is 24.9 Å². The molecule has 0 saturated heterocycles. The van der Waals surface area contributed by atoms with Crippen LogP contribution in [0.25, 0.3) is 0 Å². The molecule has 2 amide bonds. The number of nitrogens with one attached hydrogen (secondary N) is 2. The average molecular weight is 406 g/mol. The first-order valence-electron chi connectivity index (χ1n) is 8.82. The highest BCUT2D eigenvalue weighted by Crippen LogP contribution is 2.35. The van der Waals surface area contributed by atoms with Crippen LogP contribution in [0.5, 0.6) is 11.5 Å². The largest absolute Gasteiger partial charge is 0.495 e. The molecule has 2 N–H and O–H groups in total. The van der Waals surface area contributed by atoms with Crippen LogP contribution in [0.15, 0.2) is 36.4 Å². The first-order valence-corrected chi connectivity index (χ1v) is 9.20. The SMILES string of the molecule is CCN(CC)c1ccc(NC(=O)C(=O)Nc2cc(OC)c(Cl)cc2OC)cc1. The molecule has 8 heteroatoms. The third kappa shape index (κ3) is 5.07. The van der Waals surface area contributed by atoms with Crippen molar-refractivity contribution in [2.75, 3.05) is 42.8 Å².